The molecule has 1 fully saturated rings. The lowest BCUT2D eigenvalue weighted by atomic mass is 10.2. The fourth-order valence-corrected chi connectivity index (χ4v) is 2.45. The Morgan fingerprint density at radius 2 is 2.24 bits per heavy atom. The van der Waals surface area contributed by atoms with Gasteiger partial charge in [-0.15, -0.1) is 0 Å². The molecule has 1 saturated heterocycles. The highest BCUT2D eigenvalue weighted by atomic mass is 16.5. The number of guanidine groups is 1. The van der Waals surface area contributed by atoms with Crippen molar-refractivity contribution in [3.8, 4) is 0 Å². The second-order valence-corrected chi connectivity index (χ2v) is 5.35. The first-order chi connectivity index (χ1) is 10.2. The van der Waals surface area contributed by atoms with Gasteiger partial charge in [-0.2, -0.15) is 0 Å². The van der Waals surface area contributed by atoms with Gasteiger partial charge >= 0.3 is 0 Å². The largest absolute Gasteiger partial charge is 0.380 e. The molecule has 0 aromatic carbocycles. The highest BCUT2D eigenvalue weighted by Gasteiger charge is 2.23. The summed E-state index contributed by atoms with van der Waals surface area (Å²) in [6.45, 7) is 15.0. The highest BCUT2D eigenvalue weighted by Crippen LogP contribution is 2.10. The maximum Gasteiger partial charge on any atom is 0.191 e. The molecule has 2 unspecified atom stereocenters. The first-order valence-electron chi connectivity index (χ1n) is 8.12. The Hall–Kier alpha value is -0.850. The van der Waals surface area contributed by atoms with Crippen molar-refractivity contribution >= 4 is 5.96 Å². The summed E-state index contributed by atoms with van der Waals surface area (Å²) >= 11 is 0. The fourth-order valence-electron chi connectivity index (χ4n) is 2.45. The van der Waals surface area contributed by atoms with E-state index in [0.717, 1.165) is 52.0 Å². The molecular weight excluding hydrogens is 268 g/mol. The van der Waals surface area contributed by atoms with Gasteiger partial charge in [0.2, 0.25) is 0 Å². The van der Waals surface area contributed by atoms with E-state index in [1.165, 1.54) is 0 Å². The summed E-state index contributed by atoms with van der Waals surface area (Å²) in [6, 6.07) is 0.892. The molecule has 0 saturated carbocycles. The lowest BCUT2D eigenvalue weighted by Gasteiger charge is -2.37. The monoisotopic (exact) mass is 300 g/mol. The standard InChI is InChI=1S/C15H32N4O2/c1-5-16-15(17-7-9-20-6-2)18-11-13(3)19-8-10-21-12-14(19)4/h13-14H,5-12H2,1-4H3,(H2,16,17,18). The molecule has 0 radical (unpaired) electrons. The first-order valence-corrected chi connectivity index (χ1v) is 8.12. The number of ether oxygens (including phenoxy) is 2. The third-order valence-electron chi connectivity index (χ3n) is 3.59. The average Bonchev–Trinajstić information content (AvgIpc) is 2.49. The van der Waals surface area contributed by atoms with Crippen molar-refractivity contribution in [3.05, 3.63) is 0 Å². The molecule has 0 bridgehead atoms. The van der Waals surface area contributed by atoms with Gasteiger partial charge in [-0.1, -0.05) is 0 Å². The minimum atomic E-state index is 0.422. The molecule has 0 aromatic heterocycles. The quantitative estimate of drug-likeness (QED) is 0.392. The topological polar surface area (TPSA) is 58.1 Å². The van der Waals surface area contributed by atoms with Crippen LogP contribution in [0.2, 0.25) is 0 Å². The zero-order valence-corrected chi connectivity index (χ0v) is 14.0. The summed E-state index contributed by atoms with van der Waals surface area (Å²) in [5.41, 5.74) is 0. The lowest BCUT2D eigenvalue weighted by Crippen LogP contribution is -2.49. The summed E-state index contributed by atoms with van der Waals surface area (Å²) in [5, 5.41) is 6.56. The van der Waals surface area contributed by atoms with Gasteiger partial charge in [0.05, 0.1) is 26.4 Å². The molecule has 0 amide bonds. The summed E-state index contributed by atoms with van der Waals surface area (Å²) in [6.07, 6.45) is 0. The van der Waals surface area contributed by atoms with Crippen LogP contribution in [0.1, 0.15) is 27.7 Å². The molecule has 1 heterocycles. The molecule has 1 aliphatic rings. The van der Waals surface area contributed by atoms with E-state index in [-0.39, 0.29) is 0 Å². The van der Waals surface area contributed by atoms with Crippen molar-refractivity contribution in [2.24, 2.45) is 4.99 Å². The van der Waals surface area contributed by atoms with Gasteiger partial charge in [0.1, 0.15) is 0 Å². The van der Waals surface area contributed by atoms with Crippen LogP contribution in [-0.4, -0.2) is 75.5 Å². The number of rotatable bonds is 8. The van der Waals surface area contributed by atoms with Crippen LogP contribution >= 0.6 is 0 Å². The summed E-state index contributed by atoms with van der Waals surface area (Å²) in [5.74, 6) is 0.866. The van der Waals surface area contributed by atoms with Crippen LogP contribution in [0.4, 0.5) is 0 Å². The first kappa shape index (κ1) is 18.2. The number of aliphatic imine (C=N–C) groups is 1. The average molecular weight is 300 g/mol. The van der Waals surface area contributed by atoms with Crippen molar-refractivity contribution in [3.63, 3.8) is 0 Å². The summed E-state index contributed by atoms with van der Waals surface area (Å²) in [7, 11) is 0. The number of hydrogen-bond acceptors (Lipinski definition) is 4. The number of nitrogens with zero attached hydrogens (tertiary/aromatic N) is 2. The Bertz CT molecular complexity index is 299. The predicted molar refractivity (Wildman–Crippen MR) is 86.9 cm³/mol. The number of nitrogens with one attached hydrogen (secondary N) is 2. The van der Waals surface area contributed by atoms with E-state index in [4.69, 9.17) is 9.47 Å². The minimum Gasteiger partial charge on any atom is -0.380 e. The van der Waals surface area contributed by atoms with Gasteiger partial charge in [0.25, 0.3) is 0 Å². The second kappa shape index (κ2) is 10.8. The van der Waals surface area contributed by atoms with E-state index in [1.54, 1.807) is 0 Å². The fraction of sp³-hybridized carbons (Fsp3) is 0.933. The zero-order chi connectivity index (χ0) is 15.5. The predicted octanol–water partition coefficient (Wildman–Crippen LogP) is 0.687. The van der Waals surface area contributed by atoms with Crippen LogP contribution in [0, 0.1) is 0 Å². The molecule has 6 nitrogen and oxygen atoms in total. The van der Waals surface area contributed by atoms with Crippen molar-refractivity contribution < 1.29 is 9.47 Å². The lowest BCUT2D eigenvalue weighted by molar-refractivity contribution is -0.0165. The molecule has 1 rings (SSSR count). The maximum atomic E-state index is 5.49. The SMILES string of the molecule is CCNC(=NCC(C)N1CCOCC1C)NCCOCC. The summed E-state index contributed by atoms with van der Waals surface area (Å²) in [4.78, 5) is 7.15. The zero-order valence-electron chi connectivity index (χ0n) is 14.0. The summed E-state index contributed by atoms with van der Waals surface area (Å²) < 4.78 is 10.8. The van der Waals surface area contributed by atoms with E-state index >= 15 is 0 Å². The van der Waals surface area contributed by atoms with E-state index in [2.05, 4.69) is 41.3 Å². The van der Waals surface area contributed by atoms with Crippen LogP contribution in [0.15, 0.2) is 4.99 Å². The molecule has 21 heavy (non-hydrogen) atoms. The maximum absolute atomic E-state index is 5.49. The molecule has 0 spiro atoms. The van der Waals surface area contributed by atoms with E-state index in [1.807, 2.05) is 6.92 Å². The Balaban J connectivity index is 2.40. The highest BCUT2D eigenvalue weighted by molar-refractivity contribution is 5.79. The van der Waals surface area contributed by atoms with Gasteiger partial charge in [0, 0.05) is 38.3 Å². The van der Waals surface area contributed by atoms with Crippen LogP contribution in [-0.2, 0) is 9.47 Å². The molecule has 0 aromatic rings. The minimum absolute atomic E-state index is 0.422. The third-order valence-corrected chi connectivity index (χ3v) is 3.59. The van der Waals surface area contributed by atoms with Gasteiger partial charge < -0.3 is 20.1 Å². The Kier molecular flexibility index (Phi) is 9.37. The Labute approximate surface area is 129 Å². The molecule has 2 N–H and O–H groups in total. The third kappa shape index (κ3) is 7.11. The smallest absolute Gasteiger partial charge is 0.191 e. The van der Waals surface area contributed by atoms with Crippen molar-refractivity contribution in [1.29, 1.82) is 0 Å². The van der Waals surface area contributed by atoms with Crippen molar-refractivity contribution in [2.45, 2.75) is 39.8 Å². The van der Waals surface area contributed by atoms with Crippen molar-refractivity contribution in [2.75, 3.05) is 52.6 Å². The van der Waals surface area contributed by atoms with E-state index < -0.39 is 0 Å². The molecule has 124 valence electrons. The normalized spacial score (nSPS) is 22.1. The second-order valence-electron chi connectivity index (χ2n) is 5.35. The number of hydrogen-bond donors (Lipinski definition) is 2. The van der Waals surface area contributed by atoms with Crippen LogP contribution in [0.3, 0.4) is 0 Å². The molecule has 0 aliphatic carbocycles. The van der Waals surface area contributed by atoms with Crippen LogP contribution < -0.4 is 10.6 Å². The van der Waals surface area contributed by atoms with Gasteiger partial charge in [-0.05, 0) is 27.7 Å². The van der Waals surface area contributed by atoms with Crippen LogP contribution in [0.25, 0.3) is 0 Å². The van der Waals surface area contributed by atoms with Crippen LogP contribution in [0.5, 0.6) is 0 Å². The molecule has 6 heteroatoms. The molecule has 2 atom stereocenters. The van der Waals surface area contributed by atoms with Gasteiger partial charge in [0.15, 0.2) is 5.96 Å². The molecular formula is C15H32N4O2. The van der Waals surface area contributed by atoms with Gasteiger partial charge in [-0.25, -0.2) is 0 Å². The Morgan fingerprint density at radius 3 is 2.90 bits per heavy atom. The Morgan fingerprint density at radius 1 is 1.43 bits per heavy atom. The van der Waals surface area contributed by atoms with E-state index in [0.29, 0.717) is 18.7 Å². The number of morpholine rings is 1. The van der Waals surface area contributed by atoms with E-state index in [9.17, 15) is 0 Å². The molecule has 1 aliphatic heterocycles. The van der Waals surface area contributed by atoms with Crippen molar-refractivity contribution in [1.82, 2.24) is 15.5 Å². The van der Waals surface area contributed by atoms with Gasteiger partial charge in [-0.3, -0.25) is 9.89 Å².